The van der Waals surface area contributed by atoms with Crippen LogP contribution < -0.4 is 4.90 Å². The number of rotatable bonds is 2. The van der Waals surface area contributed by atoms with Crippen molar-refractivity contribution >= 4 is 34.8 Å². The molecule has 2 saturated heterocycles. The number of halogens is 2. The van der Waals surface area contributed by atoms with Gasteiger partial charge < -0.3 is 0 Å². The van der Waals surface area contributed by atoms with Gasteiger partial charge in [-0.05, 0) is 48.7 Å². The molecule has 2 atom stereocenters. The van der Waals surface area contributed by atoms with E-state index in [4.69, 9.17) is 23.2 Å². The molecule has 2 aromatic rings. The Morgan fingerprint density at radius 2 is 1.78 bits per heavy atom. The van der Waals surface area contributed by atoms with Gasteiger partial charge in [0.25, 0.3) is 0 Å². The third-order valence-corrected chi connectivity index (χ3v) is 5.12. The molecule has 1 amide bonds. The fourth-order valence-corrected chi connectivity index (χ4v) is 3.96. The Balaban J connectivity index is 1.81. The molecule has 2 aliphatic heterocycles. The van der Waals surface area contributed by atoms with Crippen LogP contribution in [0.1, 0.15) is 24.6 Å². The fraction of sp³-hybridized carbons (Fsp3) is 0.278. The molecule has 0 radical (unpaired) electrons. The summed E-state index contributed by atoms with van der Waals surface area (Å²) in [7, 11) is 0. The number of fused-ring (bicyclic) bond motifs is 1. The molecule has 0 N–H and O–H groups in total. The van der Waals surface area contributed by atoms with E-state index < -0.39 is 0 Å². The largest absolute Gasteiger partial charge is 0.290 e. The van der Waals surface area contributed by atoms with Crippen LogP contribution >= 0.6 is 23.2 Å². The highest BCUT2D eigenvalue weighted by Crippen LogP contribution is 2.42. The Morgan fingerprint density at radius 3 is 2.52 bits per heavy atom. The SMILES string of the molecule is O=C1C2CCCN2C(c2ccc(Cl)cc2)N1c1cccc(Cl)c1. The van der Waals surface area contributed by atoms with Crippen molar-refractivity contribution in [3.63, 3.8) is 0 Å². The average molecular weight is 347 g/mol. The molecule has 4 rings (SSSR count). The van der Waals surface area contributed by atoms with E-state index in [0.29, 0.717) is 10.0 Å². The van der Waals surface area contributed by atoms with Crippen LogP contribution in [0.2, 0.25) is 10.0 Å². The standard InChI is InChI=1S/C18H16Cl2N2O/c19-13-8-6-12(7-9-13)17-21-10-2-5-16(21)18(23)22(17)15-4-1-3-14(20)11-15/h1,3-4,6-9,11,16-17H,2,5,10H2. The molecule has 0 spiro atoms. The predicted molar refractivity (Wildman–Crippen MR) is 92.9 cm³/mol. The zero-order chi connectivity index (χ0) is 16.0. The molecular weight excluding hydrogens is 331 g/mol. The predicted octanol–water partition coefficient (Wildman–Crippen LogP) is 4.50. The van der Waals surface area contributed by atoms with Gasteiger partial charge in [-0.15, -0.1) is 0 Å². The third kappa shape index (κ3) is 2.53. The number of benzene rings is 2. The summed E-state index contributed by atoms with van der Waals surface area (Å²) in [6.45, 7) is 0.931. The number of anilines is 1. The smallest absolute Gasteiger partial charge is 0.246 e. The summed E-state index contributed by atoms with van der Waals surface area (Å²) in [5.74, 6) is 0.157. The molecule has 23 heavy (non-hydrogen) atoms. The molecule has 5 heteroatoms. The van der Waals surface area contributed by atoms with Gasteiger partial charge in [0.2, 0.25) is 5.91 Å². The highest BCUT2D eigenvalue weighted by atomic mass is 35.5. The first-order chi connectivity index (χ1) is 11.1. The van der Waals surface area contributed by atoms with Crippen molar-refractivity contribution in [3.05, 3.63) is 64.1 Å². The summed E-state index contributed by atoms with van der Waals surface area (Å²) < 4.78 is 0. The van der Waals surface area contributed by atoms with Gasteiger partial charge in [0, 0.05) is 22.3 Å². The van der Waals surface area contributed by atoms with E-state index in [-0.39, 0.29) is 18.1 Å². The molecule has 2 fully saturated rings. The molecular formula is C18H16Cl2N2O. The minimum atomic E-state index is -0.0919. The van der Waals surface area contributed by atoms with E-state index in [1.165, 1.54) is 0 Å². The second kappa shape index (κ2) is 5.82. The zero-order valence-electron chi connectivity index (χ0n) is 12.5. The molecule has 2 unspecified atom stereocenters. The lowest BCUT2D eigenvalue weighted by atomic mass is 10.1. The maximum Gasteiger partial charge on any atom is 0.246 e. The van der Waals surface area contributed by atoms with Gasteiger partial charge in [0.15, 0.2) is 0 Å². The minimum Gasteiger partial charge on any atom is -0.290 e. The van der Waals surface area contributed by atoms with Gasteiger partial charge in [0.1, 0.15) is 6.17 Å². The van der Waals surface area contributed by atoms with E-state index in [0.717, 1.165) is 30.6 Å². The summed E-state index contributed by atoms with van der Waals surface area (Å²) >= 11 is 12.2. The van der Waals surface area contributed by atoms with Crippen LogP contribution in [0.5, 0.6) is 0 Å². The highest BCUT2D eigenvalue weighted by Gasteiger charge is 2.49. The van der Waals surface area contributed by atoms with Crippen molar-refractivity contribution in [1.29, 1.82) is 0 Å². The summed E-state index contributed by atoms with van der Waals surface area (Å²) in [4.78, 5) is 17.1. The first-order valence-corrected chi connectivity index (χ1v) is 8.50. The van der Waals surface area contributed by atoms with E-state index in [9.17, 15) is 4.79 Å². The third-order valence-electron chi connectivity index (χ3n) is 4.63. The Bertz CT molecular complexity index is 747. The summed E-state index contributed by atoms with van der Waals surface area (Å²) in [5, 5.41) is 1.34. The van der Waals surface area contributed by atoms with Crippen LogP contribution in [0.3, 0.4) is 0 Å². The van der Waals surface area contributed by atoms with Crippen LogP contribution in [-0.2, 0) is 4.79 Å². The molecule has 0 aromatic heterocycles. The zero-order valence-corrected chi connectivity index (χ0v) is 14.0. The maximum absolute atomic E-state index is 13.0. The Labute approximate surface area is 145 Å². The van der Waals surface area contributed by atoms with Crippen LogP contribution in [0.15, 0.2) is 48.5 Å². The van der Waals surface area contributed by atoms with Gasteiger partial charge >= 0.3 is 0 Å². The van der Waals surface area contributed by atoms with Crippen molar-refractivity contribution in [3.8, 4) is 0 Å². The average Bonchev–Trinajstić information content (AvgIpc) is 3.11. The topological polar surface area (TPSA) is 23.6 Å². The van der Waals surface area contributed by atoms with Gasteiger partial charge in [-0.1, -0.05) is 41.4 Å². The Kier molecular flexibility index (Phi) is 3.80. The normalized spacial score (nSPS) is 24.3. The number of amides is 1. The van der Waals surface area contributed by atoms with E-state index in [1.54, 1.807) is 0 Å². The van der Waals surface area contributed by atoms with Crippen LogP contribution in [0.25, 0.3) is 0 Å². The van der Waals surface area contributed by atoms with Crippen LogP contribution in [0, 0.1) is 0 Å². The summed E-state index contributed by atoms with van der Waals surface area (Å²) in [6.07, 6.45) is 1.88. The van der Waals surface area contributed by atoms with Gasteiger partial charge in [-0.3, -0.25) is 14.6 Å². The summed E-state index contributed by atoms with van der Waals surface area (Å²) in [6, 6.07) is 15.2. The second-order valence-corrected chi connectivity index (χ2v) is 6.88. The monoisotopic (exact) mass is 346 g/mol. The molecule has 0 bridgehead atoms. The van der Waals surface area contributed by atoms with Gasteiger partial charge in [0.05, 0.1) is 6.04 Å². The lowest BCUT2D eigenvalue weighted by Crippen LogP contribution is -2.32. The van der Waals surface area contributed by atoms with Crippen molar-refractivity contribution in [1.82, 2.24) is 4.90 Å². The number of hydrogen-bond donors (Lipinski definition) is 0. The lowest BCUT2D eigenvalue weighted by Gasteiger charge is -2.30. The van der Waals surface area contributed by atoms with Gasteiger partial charge in [-0.2, -0.15) is 0 Å². The first kappa shape index (κ1) is 15.0. The van der Waals surface area contributed by atoms with Gasteiger partial charge in [-0.25, -0.2) is 0 Å². The Morgan fingerprint density at radius 1 is 1.00 bits per heavy atom. The Hall–Kier alpha value is -1.55. The summed E-state index contributed by atoms with van der Waals surface area (Å²) in [5.41, 5.74) is 1.92. The van der Waals surface area contributed by atoms with E-state index >= 15 is 0 Å². The fourth-order valence-electron chi connectivity index (χ4n) is 3.65. The molecule has 2 aromatic carbocycles. The quantitative estimate of drug-likeness (QED) is 0.798. The number of nitrogens with zero attached hydrogens (tertiary/aromatic N) is 2. The molecule has 0 aliphatic carbocycles. The van der Waals surface area contributed by atoms with E-state index in [1.807, 2.05) is 53.4 Å². The number of carbonyl (C=O) groups is 1. The molecule has 2 heterocycles. The van der Waals surface area contributed by atoms with Crippen molar-refractivity contribution in [2.45, 2.75) is 25.0 Å². The maximum atomic E-state index is 13.0. The molecule has 0 saturated carbocycles. The van der Waals surface area contributed by atoms with Crippen molar-refractivity contribution in [2.75, 3.05) is 11.4 Å². The van der Waals surface area contributed by atoms with Crippen LogP contribution in [0.4, 0.5) is 5.69 Å². The number of carbonyl (C=O) groups excluding carboxylic acids is 1. The van der Waals surface area contributed by atoms with Crippen molar-refractivity contribution in [2.24, 2.45) is 0 Å². The first-order valence-electron chi connectivity index (χ1n) is 7.75. The second-order valence-electron chi connectivity index (χ2n) is 6.01. The molecule has 118 valence electrons. The van der Waals surface area contributed by atoms with E-state index in [2.05, 4.69) is 4.90 Å². The molecule has 3 nitrogen and oxygen atoms in total. The van der Waals surface area contributed by atoms with Crippen LogP contribution in [-0.4, -0.2) is 23.4 Å². The number of hydrogen-bond acceptors (Lipinski definition) is 2. The highest BCUT2D eigenvalue weighted by molar-refractivity contribution is 6.31. The minimum absolute atomic E-state index is 0.0327. The van der Waals surface area contributed by atoms with Crippen molar-refractivity contribution < 1.29 is 4.79 Å². The lowest BCUT2D eigenvalue weighted by molar-refractivity contribution is -0.119. The molecule has 2 aliphatic rings.